The minimum atomic E-state index is -0.258. The van der Waals surface area contributed by atoms with Crippen LogP contribution in [0.15, 0.2) is 48.5 Å². The number of carbonyl (C=O) groups is 2. The van der Waals surface area contributed by atoms with Crippen LogP contribution in [0.25, 0.3) is 0 Å². The molecule has 1 atom stereocenters. The van der Waals surface area contributed by atoms with Crippen molar-refractivity contribution in [2.75, 3.05) is 56.1 Å². The van der Waals surface area contributed by atoms with Gasteiger partial charge in [0, 0.05) is 38.4 Å². The first-order valence-corrected chi connectivity index (χ1v) is 11.9. The third-order valence-electron chi connectivity index (χ3n) is 6.55. The molecule has 7 heteroatoms. The van der Waals surface area contributed by atoms with Crippen LogP contribution < -0.4 is 15.0 Å². The fraction of sp³-hybridized carbons (Fsp3) is 0.462. The summed E-state index contributed by atoms with van der Waals surface area (Å²) in [6.07, 6.45) is 2.04. The zero-order valence-electron chi connectivity index (χ0n) is 19.6. The molecule has 2 aliphatic rings. The molecule has 1 fully saturated rings. The van der Waals surface area contributed by atoms with Crippen LogP contribution in [0.1, 0.15) is 25.8 Å². The van der Waals surface area contributed by atoms with E-state index in [2.05, 4.69) is 21.2 Å². The van der Waals surface area contributed by atoms with E-state index >= 15 is 0 Å². The Bertz CT molecular complexity index is 972. The molecule has 0 spiro atoms. The molecular formula is C26H34N4O3. The first-order chi connectivity index (χ1) is 16.1. The summed E-state index contributed by atoms with van der Waals surface area (Å²) in [4.78, 5) is 32.2. The number of rotatable bonds is 7. The van der Waals surface area contributed by atoms with Crippen LogP contribution in [-0.2, 0) is 16.0 Å². The molecule has 2 amide bonds. The van der Waals surface area contributed by atoms with Gasteiger partial charge in [0.1, 0.15) is 5.75 Å². The Balaban J connectivity index is 1.28. The van der Waals surface area contributed by atoms with Gasteiger partial charge < -0.3 is 15.0 Å². The Hall–Kier alpha value is -2.90. The van der Waals surface area contributed by atoms with Gasteiger partial charge in [0.05, 0.1) is 24.9 Å². The van der Waals surface area contributed by atoms with Crippen LogP contribution in [0.3, 0.4) is 0 Å². The number of amides is 2. The van der Waals surface area contributed by atoms with Gasteiger partial charge in [-0.25, -0.2) is 0 Å². The molecular weight excluding hydrogens is 416 g/mol. The van der Waals surface area contributed by atoms with Gasteiger partial charge in [-0.1, -0.05) is 30.3 Å². The highest BCUT2D eigenvalue weighted by atomic mass is 16.5. The largest absolute Gasteiger partial charge is 0.492 e. The molecule has 0 aromatic heterocycles. The van der Waals surface area contributed by atoms with E-state index in [1.54, 1.807) is 0 Å². The number of aryl methyl sites for hydroxylation is 1. The number of ether oxygens (including phenoxy) is 1. The lowest BCUT2D eigenvalue weighted by atomic mass is 10.0. The van der Waals surface area contributed by atoms with Crippen molar-refractivity contribution in [3.63, 3.8) is 0 Å². The molecule has 176 valence electrons. The second kappa shape index (κ2) is 10.8. The second-order valence-corrected chi connectivity index (χ2v) is 8.68. The standard InChI is InChI=1S/C26H34N4O3/c1-3-33-24-13-7-5-11-22(24)27-26(32)20(2)29-17-15-28(16-18-29)19-25(31)30-14-8-10-21-9-4-6-12-23(21)30/h4-7,9,11-13,20H,3,8,10,14-19H2,1-2H3,(H,27,32). The molecule has 2 heterocycles. The van der Waals surface area contributed by atoms with Gasteiger partial charge >= 0.3 is 0 Å². The number of anilines is 2. The van der Waals surface area contributed by atoms with Crippen molar-refractivity contribution in [3.05, 3.63) is 54.1 Å². The molecule has 0 aliphatic carbocycles. The molecule has 0 saturated carbocycles. The van der Waals surface area contributed by atoms with Crippen LogP contribution in [-0.4, -0.2) is 73.5 Å². The van der Waals surface area contributed by atoms with Gasteiger partial charge in [-0.15, -0.1) is 0 Å². The van der Waals surface area contributed by atoms with Gasteiger partial charge in [0.15, 0.2) is 0 Å². The van der Waals surface area contributed by atoms with Crippen LogP contribution in [0.2, 0.25) is 0 Å². The molecule has 1 N–H and O–H groups in total. The van der Waals surface area contributed by atoms with Crippen molar-refractivity contribution in [2.24, 2.45) is 0 Å². The monoisotopic (exact) mass is 450 g/mol. The molecule has 33 heavy (non-hydrogen) atoms. The Morgan fingerprint density at radius 3 is 2.52 bits per heavy atom. The molecule has 2 aromatic rings. The summed E-state index contributed by atoms with van der Waals surface area (Å²) in [7, 11) is 0. The minimum Gasteiger partial charge on any atom is -0.492 e. The van der Waals surface area contributed by atoms with Gasteiger partial charge in [0.25, 0.3) is 0 Å². The van der Waals surface area contributed by atoms with Crippen molar-refractivity contribution >= 4 is 23.2 Å². The fourth-order valence-electron chi connectivity index (χ4n) is 4.63. The second-order valence-electron chi connectivity index (χ2n) is 8.68. The highest BCUT2D eigenvalue weighted by Gasteiger charge is 2.29. The van der Waals surface area contributed by atoms with E-state index in [0.717, 1.165) is 51.3 Å². The van der Waals surface area contributed by atoms with Crippen LogP contribution in [0.5, 0.6) is 5.75 Å². The average Bonchev–Trinajstić information content (AvgIpc) is 2.85. The topological polar surface area (TPSA) is 65.1 Å². The summed E-state index contributed by atoms with van der Waals surface area (Å²) >= 11 is 0. The Morgan fingerprint density at radius 2 is 1.73 bits per heavy atom. The van der Waals surface area contributed by atoms with Gasteiger partial charge in [-0.2, -0.15) is 0 Å². The first kappa shape index (κ1) is 23.3. The maximum Gasteiger partial charge on any atom is 0.241 e. The summed E-state index contributed by atoms with van der Waals surface area (Å²) in [6, 6.07) is 15.5. The van der Waals surface area contributed by atoms with Crippen molar-refractivity contribution in [1.82, 2.24) is 9.80 Å². The van der Waals surface area contributed by atoms with E-state index in [9.17, 15) is 9.59 Å². The molecule has 2 aliphatic heterocycles. The summed E-state index contributed by atoms with van der Waals surface area (Å²) in [5.41, 5.74) is 3.01. The molecule has 0 radical (unpaired) electrons. The van der Waals surface area contributed by atoms with Crippen LogP contribution in [0.4, 0.5) is 11.4 Å². The number of carbonyl (C=O) groups excluding carboxylic acids is 2. The Kier molecular flexibility index (Phi) is 7.62. The number of nitrogens with one attached hydrogen (secondary N) is 1. The van der Waals surface area contributed by atoms with E-state index in [4.69, 9.17) is 4.74 Å². The van der Waals surface area contributed by atoms with Crippen molar-refractivity contribution in [1.29, 1.82) is 0 Å². The van der Waals surface area contributed by atoms with E-state index in [0.29, 0.717) is 24.6 Å². The highest BCUT2D eigenvalue weighted by Crippen LogP contribution is 2.27. The lowest BCUT2D eigenvalue weighted by Crippen LogP contribution is -2.54. The van der Waals surface area contributed by atoms with Crippen molar-refractivity contribution in [2.45, 2.75) is 32.7 Å². The summed E-state index contributed by atoms with van der Waals surface area (Å²) in [6.45, 7) is 8.67. The molecule has 7 nitrogen and oxygen atoms in total. The van der Waals surface area contributed by atoms with E-state index in [1.165, 1.54) is 5.56 Å². The third kappa shape index (κ3) is 5.54. The van der Waals surface area contributed by atoms with Crippen molar-refractivity contribution in [3.8, 4) is 5.75 Å². The lowest BCUT2D eigenvalue weighted by Gasteiger charge is -2.38. The van der Waals surface area contributed by atoms with Gasteiger partial charge in [-0.05, 0) is 50.5 Å². The first-order valence-electron chi connectivity index (χ1n) is 11.9. The van der Waals surface area contributed by atoms with Crippen LogP contribution in [0, 0.1) is 0 Å². The fourth-order valence-corrected chi connectivity index (χ4v) is 4.63. The number of benzene rings is 2. The number of hydrogen-bond donors (Lipinski definition) is 1. The zero-order valence-corrected chi connectivity index (χ0v) is 19.6. The predicted octanol–water partition coefficient (Wildman–Crippen LogP) is 3.01. The summed E-state index contributed by atoms with van der Waals surface area (Å²) in [5, 5.41) is 3.01. The normalized spacial score (nSPS) is 17.8. The minimum absolute atomic E-state index is 0.0448. The van der Waals surface area contributed by atoms with Gasteiger partial charge in [0.2, 0.25) is 11.8 Å². The molecule has 0 bridgehead atoms. The number of fused-ring (bicyclic) bond motifs is 1. The van der Waals surface area contributed by atoms with Gasteiger partial charge in [-0.3, -0.25) is 19.4 Å². The molecule has 1 saturated heterocycles. The van der Waals surface area contributed by atoms with E-state index in [-0.39, 0.29) is 17.9 Å². The number of piperazine rings is 1. The van der Waals surface area contributed by atoms with E-state index < -0.39 is 0 Å². The maximum absolute atomic E-state index is 13.0. The van der Waals surface area contributed by atoms with Crippen LogP contribution >= 0.6 is 0 Å². The average molecular weight is 451 g/mol. The Morgan fingerprint density at radius 1 is 1.00 bits per heavy atom. The zero-order chi connectivity index (χ0) is 23.2. The summed E-state index contributed by atoms with van der Waals surface area (Å²) in [5.74, 6) is 0.800. The third-order valence-corrected chi connectivity index (χ3v) is 6.55. The maximum atomic E-state index is 13.0. The summed E-state index contributed by atoms with van der Waals surface area (Å²) < 4.78 is 5.62. The molecule has 1 unspecified atom stereocenters. The highest BCUT2D eigenvalue weighted by molar-refractivity contribution is 5.96. The SMILES string of the molecule is CCOc1ccccc1NC(=O)C(C)N1CCN(CC(=O)N2CCCc3ccccc32)CC1. The Labute approximate surface area is 196 Å². The van der Waals surface area contributed by atoms with E-state index in [1.807, 2.05) is 61.2 Å². The molecule has 2 aromatic carbocycles. The predicted molar refractivity (Wildman–Crippen MR) is 131 cm³/mol. The number of nitrogens with zero attached hydrogens (tertiary/aromatic N) is 3. The molecule has 4 rings (SSSR count). The number of para-hydroxylation sites is 3. The lowest BCUT2D eigenvalue weighted by molar-refractivity contribution is -0.123. The quantitative estimate of drug-likeness (QED) is 0.703. The number of hydrogen-bond acceptors (Lipinski definition) is 5. The van der Waals surface area contributed by atoms with Crippen molar-refractivity contribution < 1.29 is 14.3 Å². The smallest absolute Gasteiger partial charge is 0.241 e.